The van der Waals surface area contributed by atoms with Gasteiger partial charge in [-0.05, 0) is 17.7 Å². The predicted octanol–water partition coefficient (Wildman–Crippen LogP) is 1.63. The number of allylic oxidation sites excluding steroid dienone is 2. The molecule has 0 spiro atoms. The van der Waals surface area contributed by atoms with Gasteiger partial charge in [0, 0.05) is 13.5 Å². The molecule has 0 saturated carbocycles. The Morgan fingerprint density at radius 2 is 2.38 bits per heavy atom. The van der Waals surface area contributed by atoms with E-state index in [4.69, 9.17) is 21.1 Å². The molecule has 0 saturated heterocycles. The van der Waals surface area contributed by atoms with E-state index in [1.807, 2.05) is 18.2 Å². The second-order valence-electron chi connectivity index (χ2n) is 2.65. The highest BCUT2D eigenvalue weighted by Crippen LogP contribution is 2.23. The monoisotopic (exact) mass is 202 g/mol. The van der Waals surface area contributed by atoms with Crippen molar-refractivity contribution in [1.29, 1.82) is 0 Å². The first kappa shape index (κ1) is 10.4. The molecule has 1 aliphatic rings. The average Bonchev–Trinajstić information content (AvgIpc) is 2.16. The standard InChI is InChI=1S/C9H11ClO3/c1-12-9(13-7-8(10)11)5-3-2-4-6-9/h2-5H,6-7H2,1H3. The van der Waals surface area contributed by atoms with Crippen molar-refractivity contribution in [2.75, 3.05) is 13.7 Å². The van der Waals surface area contributed by atoms with Gasteiger partial charge < -0.3 is 9.47 Å². The summed E-state index contributed by atoms with van der Waals surface area (Å²) in [6.07, 6.45) is 7.95. The van der Waals surface area contributed by atoms with Gasteiger partial charge in [0.2, 0.25) is 5.24 Å². The molecule has 0 radical (unpaired) electrons. The minimum Gasteiger partial charge on any atom is -0.349 e. The molecule has 1 rings (SSSR count). The SMILES string of the molecule is COC1(OCC(=O)Cl)C=CC=CC1. The van der Waals surface area contributed by atoms with Gasteiger partial charge in [-0.25, -0.2) is 0 Å². The maximum absolute atomic E-state index is 10.5. The van der Waals surface area contributed by atoms with E-state index in [2.05, 4.69) is 0 Å². The van der Waals surface area contributed by atoms with Crippen LogP contribution in [0.3, 0.4) is 0 Å². The van der Waals surface area contributed by atoms with E-state index in [1.165, 1.54) is 7.11 Å². The predicted molar refractivity (Wildman–Crippen MR) is 49.4 cm³/mol. The van der Waals surface area contributed by atoms with Crippen molar-refractivity contribution < 1.29 is 14.3 Å². The van der Waals surface area contributed by atoms with Crippen LogP contribution >= 0.6 is 11.6 Å². The molecular weight excluding hydrogens is 192 g/mol. The van der Waals surface area contributed by atoms with Gasteiger partial charge in [-0.1, -0.05) is 18.2 Å². The maximum Gasteiger partial charge on any atom is 0.247 e. The van der Waals surface area contributed by atoms with E-state index < -0.39 is 11.0 Å². The number of carbonyl (C=O) groups is 1. The molecule has 1 unspecified atom stereocenters. The van der Waals surface area contributed by atoms with Crippen molar-refractivity contribution in [2.45, 2.75) is 12.2 Å². The number of hydrogen-bond donors (Lipinski definition) is 0. The highest BCUT2D eigenvalue weighted by atomic mass is 35.5. The Morgan fingerprint density at radius 3 is 2.85 bits per heavy atom. The number of rotatable bonds is 4. The summed E-state index contributed by atoms with van der Waals surface area (Å²) in [5.74, 6) is -0.820. The van der Waals surface area contributed by atoms with Gasteiger partial charge in [-0.2, -0.15) is 0 Å². The van der Waals surface area contributed by atoms with Gasteiger partial charge in [0.25, 0.3) is 0 Å². The smallest absolute Gasteiger partial charge is 0.247 e. The number of ether oxygens (including phenoxy) is 2. The quantitative estimate of drug-likeness (QED) is 0.514. The van der Waals surface area contributed by atoms with E-state index >= 15 is 0 Å². The van der Waals surface area contributed by atoms with Crippen LogP contribution in [0.1, 0.15) is 6.42 Å². The third kappa shape index (κ3) is 2.95. The number of hydrogen-bond acceptors (Lipinski definition) is 3. The molecule has 72 valence electrons. The zero-order chi connectivity index (χ0) is 9.73. The molecule has 13 heavy (non-hydrogen) atoms. The Labute approximate surface area is 82.0 Å². The molecule has 1 aliphatic carbocycles. The Kier molecular flexibility index (Phi) is 3.66. The first-order valence-corrected chi connectivity index (χ1v) is 4.28. The largest absolute Gasteiger partial charge is 0.349 e. The van der Waals surface area contributed by atoms with Crippen molar-refractivity contribution in [3.8, 4) is 0 Å². The molecule has 0 aromatic carbocycles. The lowest BCUT2D eigenvalue weighted by Gasteiger charge is -2.28. The summed E-state index contributed by atoms with van der Waals surface area (Å²) in [7, 11) is 1.53. The third-order valence-corrected chi connectivity index (χ3v) is 1.88. The number of methoxy groups -OCH3 is 1. The van der Waals surface area contributed by atoms with Gasteiger partial charge in [0.1, 0.15) is 6.61 Å². The lowest BCUT2D eigenvalue weighted by Crippen LogP contribution is -2.34. The Morgan fingerprint density at radius 1 is 1.62 bits per heavy atom. The summed E-state index contributed by atoms with van der Waals surface area (Å²) in [5.41, 5.74) is 0. The lowest BCUT2D eigenvalue weighted by molar-refractivity contribution is -0.186. The molecule has 3 nitrogen and oxygen atoms in total. The second kappa shape index (κ2) is 4.56. The molecule has 0 heterocycles. The van der Waals surface area contributed by atoms with Crippen molar-refractivity contribution in [3.05, 3.63) is 24.3 Å². The zero-order valence-electron chi connectivity index (χ0n) is 7.33. The van der Waals surface area contributed by atoms with Crippen LogP contribution in [0.5, 0.6) is 0 Å². The van der Waals surface area contributed by atoms with E-state index in [-0.39, 0.29) is 6.61 Å². The van der Waals surface area contributed by atoms with Gasteiger partial charge >= 0.3 is 0 Å². The first-order valence-electron chi connectivity index (χ1n) is 3.90. The Balaban J connectivity index is 2.55. The van der Waals surface area contributed by atoms with Crippen molar-refractivity contribution in [2.24, 2.45) is 0 Å². The van der Waals surface area contributed by atoms with Crippen LogP contribution < -0.4 is 0 Å². The molecule has 0 amide bonds. The molecule has 0 aliphatic heterocycles. The normalized spacial score (nSPS) is 26.3. The zero-order valence-corrected chi connectivity index (χ0v) is 8.08. The van der Waals surface area contributed by atoms with E-state index in [0.717, 1.165) is 0 Å². The molecule has 0 bridgehead atoms. The first-order chi connectivity index (χ1) is 6.18. The van der Waals surface area contributed by atoms with E-state index in [9.17, 15) is 4.79 Å². The fourth-order valence-electron chi connectivity index (χ4n) is 1.08. The second-order valence-corrected chi connectivity index (χ2v) is 3.07. The molecule has 4 heteroatoms. The van der Waals surface area contributed by atoms with Crippen LogP contribution in [0.25, 0.3) is 0 Å². The third-order valence-electron chi connectivity index (χ3n) is 1.78. The summed E-state index contributed by atoms with van der Waals surface area (Å²) in [5, 5.41) is -0.528. The minimum absolute atomic E-state index is 0.145. The number of carbonyl (C=O) groups excluding carboxylic acids is 1. The molecule has 0 N–H and O–H groups in total. The average molecular weight is 203 g/mol. The Bertz CT molecular complexity index is 247. The topological polar surface area (TPSA) is 35.5 Å². The van der Waals surface area contributed by atoms with Gasteiger partial charge in [0.05, 0.1) is 0 Å². The van der Waals surface area contributed by atoms with Crippen LogP contribution in [0.2, 0.25) is 0 Å². The number of halogens is 1. The Hall–Kier alpha value is -0.640. The van der Waals surface area contributed by atoms with Gasteiger partial charge in [-0.3, -0.25) is 4.79 Å². The van der Waals surface area contributed by atoms with Crippen molar-refractivity contribution in [1.82, 2.24) is 0 Å². The summed E-state index contributed by atoms with van der Waals surface area (Å²) in [6.45, 7) is -0.145. The fraction of sp³-hybridized carbons (Fsp3) is 0.444. The highest BCUT2D eigenvalue weighted by Gasteiger charge is 2.27. The molecule has 1 atom stereocenters. The van der Waals surface area contributed by atoms with Crippen molar-refractivity contribution in [3.63, 3.8) is 0 Å². The molecule has 0 aromatic rings. The van der Waals surface area contributed by atoms with E-state index in [1.54, 1.807) is 6.08 Å². The lowest BCUT2D eigenvalue weighted by atomic mass is 10.1. The summed E-state index contributed by atoms with van der Waals surface area (Å²) in [6, 6.07) is 0. The summed E-state index contributed by atoms with van der Waals surface area (Å²) >= 11 is 5.15. The molecule has 0 fully saturated rings. The van der Waals surface area contributed by atoms with Gasteiger partial charge in [-0.15, -0.1) is 0 Å². The highest BCUT2D eigenvalue weighted by molar-refractivity contribution is 6.63. The van der Waals surface area contributed by atoms with Crippen LogP contribution in [0, 0.1) is 0 Å². The van der Waals surface area contributed by atoms with E-state index in [0.29, 0.717) is 6.42 Å². The van der Waals surface area contributed by atoms with Crippen LogP contribution in [0.4, 0.5) is 0 Å². The summed E-state index contributed by atoms with van der Waals surface area (Å²) < 4.78 is 10.4. The van der Waals surface area contributed by atoms with Crippen molar-refractivity contribution >= 4 is 16.8 Å². The molecular formula is C9H11ClO3. The fourth-order valence-corrected chi connectivity index (χ4v) is 1.13. The molecule has 0 aromatic heterocycles. The van der Waals surface area contributed by atoms with Crippen LogP contribution in [-0.4, -0.2) is 24.7 Å². The van der Waals surface area contributed by atoms with Crippen LogP contribution in [0.15, 0.2) is 24.3 Å². The van der Waals surface area contributed by atoms with Gasteiger partial charge in [0.15, 0.2) is 5.79 Å². The van der Waals surface area contributed by atoms with Crippen LogP contribution in [-0.2, 0) is 14.3 Å². The maximum atomic E-state index is 10.5. The summed E-state index contributed by atoms with van der Waals surface area (Å²) in [4.78, 5) is 10.5. The minimum atomic E-state index is -0.820.